The van der Waals surface area contributed by atoms with E-state index in [1.54, 1.807) is 11.4 Å². The van der Waals surface area contributed by atoms with Crippen molar-refractivity contribution in [3.05, 3.63) is 47.3 Å². The molecule has 2 aromatic rings. The van der Waals surface area contributed by atoms with Gasteiger partial charge in [0.15, 0.2) is 15.1 Å². The Morgan fingerprint density at radius 1 is 1.21 bits per heavy atom. The van der Waals surface area contributed by atoms with Crippen molar-refractivity contribution in [2.75, 3.05) is 5.32 Å². The fourth-order valence-corrected chi connectivity index (χ4v) is 5.09. The third kappa shape index (κ3) is 1.82. The highest BCUT2D eigenvalue weighted by molar-refractivity contribution is 7.92. The second-order valence-corrected chi connectivity index (χ2v) is 7.20. The van der Waals surface area contributed by atoms with E-state index in [1.807, 2.05) is 36.4 Å². The van der Waals surface area contributed by atoms with Gasteiger partial charge in [-0.1, -0.05) is 30.3 Å². The minimum Gasteiger partial charge on any atom is -0.367 e. The molecule has 3 rings (SSSR count). The number of thiophene rings is 1. The van der Waals surface area contributed by atoms with Gasteiger partial charge in [0.2, 0.25) is 0 Å². The summed E-state index contributed by atoms with van der Waals surface area (Å²) in [7, 11) is -3.60. The number of nitriles is 1. The highest BCUT2D eigenvalue weighted by atomic mass is 32.2. The molecule has 1 aliphatic rings. The number of rotatable bonds is 1. The van der Waals surface area contributed by atoms with Gasteiger partial charge in [0.1, 0.15) is 9.90 Å². The van der Waals surface area contributed by atoms with Crippen molar-refractivity contribution in [1.29, 1.82) is 5.26 Å². The minimum atomic E-state index is -3.60. The van der Waals surface area contributed by atoms with Gasteiger partial charge in [-0.25, -0.2) is 8.42 Å². The molecule has 0 saturated heterocycles. The van der Waals surface area contributed by atoms with E-state index < -0.39 is 21.1 Å². The Balaban J connectivity index is 2.17. The topological polar surface area (TPSA) is 70.0 Å². The van der Waals surface area contributed by atoms with E-state index in [4.69, 9.17) is 0 Å². The number of sulfone groups is 1. The lowest BCUT2D eigenvalue weighted by Gasteiger charge is -2.29. The molecule has 0 fully saturated rings. The highest BCUT2D eigenvalue weighted by Gasteiger charge is 2.42. The standard InChI is InChI=1S/C13H10N2O2S2/c14-8-11-12(9-4-2-1-3-5-9)15-13-10(6-7-18-13)19(11,16)17/h1-7,11-12,15H/t11-,12-/m1/s1. The van der Waals surface area contributed by atoms with E-state index in [9.17, 15) is 13.7 Å². The molecular weight excluding hydrogens is 280 g/mol. The normalized spacial score (nSPS) is 23.9. The highest BCUT2D eigenvalue weighted by Crippen LogP contribution is 2.41. The van der Waals surface area contributed by atoms with Gasteiger partial charge in [-0.15, -0.1) is 11.3 Å². The van der Waals surface area contributed by atoms with Gasteiger partial charge in [0.25, 0.3) is 0 Å². The van der Waals surface area contributed by atoms with Crippen molar-refractivity contribution in [1.82, 2.24) is 0 Å². The van der Waals surface area contributed by atoms with E-state index >= 15 is 0 Å². The summed E-state index contributed by atoms with van der Waals surface area (Å²) in [6.45, 7) is 0. The molecular formula is C13H10N2O2S2. The number of benzene rings is 1. The fourth-order valence-electron chi connectivity index (χ4n) is 2.22. The fraction of sp³-hybridized carbons (Fsp3) is 0.154. The molecule has 2 atom stereocenters. The first-order valence-corrected chi connectivity index (χ1v) is 8.09. The number of nitrogens with zero attached hydrogens (tertiary/aromatic N) is 1. The second kappa shape index (κ2) is 4.37. The maximum atomic E-state index is 12.4. The van der Waals surface area contributed by atoms with E-state index in [0.29, 0.717) is 5.00 Å². The Bertz CT molecular complexity index is 744. The van der Waals surface area contributed by atoms with Crippen molar-refractivity contribution >= 4 is 26.2 Å². The van der Waals surface area contributed by atoms with Crippen LogP contribution in [0.4, 0.5) is 5.00 Å². The Morgan fingerprint density at radius 2 is 1.95 bits per heavy atom. The van der Waals surface area contributed by atoms with Crippen LogP contribution in [0.25, 0.3) is 0 Å². The molecule has 1 aliphatic heterocycles. The van der Waals surface area contributed by atoms with E-state index in [-0.39, 0.29) is 4.90 Å². The predicted octanol–water partition coefficient (Wildman–Crippen LogP) is 2.58. The molecule has 0 aliphatic carbocycles. The first kappa shape index (κ1) is 12.2. The summed E-state index contributed by atoms with van der Waals surface area (Å²) in [6, 6.07) is 12.1. The van der Waals surface area contributed by atoms with Crippen molar-refractivity contribution < 1.29 is 8.42 Å². The quantitative estimate of drug-likeness (QED) is 0.876. The SMILES string of the molecule is N#C[C@@H]1[C@@H](c2ccccc2)Nc2sccc2S1(=O)=O. The molecule has 19 heavy (non-hydrogen) atoms. The molecule has 1 aromatic carbocycles. The van der Waals surface area contributed by atoms with Crippen LogP contribution in [-0.2, 0) is 9.84 Å². The number of anilines is 1. The average Bonchev–Trinajstić information content (AvgIpc) is 2.88. The molecule has 0 bridgehead atoms. The molecule has 0 spiro atoms. The van der Waals surface area contributed by atoms with Crippen molar-refractivity contribution in [3.63, 3.8) is 0 Å². The summed E-state index contributed by atoms with van der Waals surface area (Å²) < 4.78 is 24.8. The Labute approximate surface area is 115 Å². The number of nitrogens with one attached hydrogen (secondary N) is 1. The molecule has 1 aromatic heterocycles. The van der Waals surface area contributed by atoms with E-state index in [0.717, 1.165) is 5.56 Å². The van der Waals surface area contributed by atoms with Crippen LogP contribution in [-0.4, -0.2) is 13.7 Å². The summed E-state index contributed by atoms with van der Waals surface area (Å²) in [4.78, 5) is 0.233. The monoisotopic (exact) mass is 290 g/mol. The van der Waals surface area contributed by atoms with Gasteiger partial charge in [-0.05, 0) is 17.0 Å². The molecule has 1 N–H and O–H groups in total. The summed E-state index contributed by atoms with van der Waals surface area (Å²) >= 11 is 1.34. The zero-order valence-electron chi connectivity index (χ0n) is 9.78. The third-order valence-electron chi connectivity index (χ3n) is 3.15. The van der Waals surface area contributed by atoms with Crippen LogP contribution in [0, 0.1) is 11.3 Å². The number of hydrogen-bond donors (Lipinski definition) is 1. The van der Waals surface area contributed by atoms with Gasteiger partial charge >= 0.3 is 0 Å². The van der Waals surface area contributed by atoms with Crippen LogP contribution in [0.1, 0.15) is 11.6 Å². The van der Waals surface area contributed by atoms with Crippen molar-refractivity contribution in [3.8, 4) is 6.07 Å². The first-order valence-electron chi connectivity index (χ1n) is 5.67. The van der Waals surface area contributed by atoms with Crippen molar-refractivity contribution in [2.45, 2.75) is 16.2 Å². The van der Waals surface area contributed by atoms with Gasteiger partial charge in [-0.3, -0.25) is 0 Å². The zero-order chi connectivity index (χ0) is 13.5. The summed E-state index contributed by atoms with van der Waals surface area (Å²) in [5.41, 5.74) is 0.802. The summed E-state index contributed by atoms with van der Waals surface area (Å²) in [6.07, 6.45) is 0. The second-order valence-electron chi connectivity index (χ2n) is 4.24. The lowest BCUT2D eigenvalue weighted by molar-refractivity contribution is 0.577. The third-order valence-corrected chi connectivity index (χ3v) is 6.12. The van der Waals surface area contributed by atoms with Gasteiger partial charge in [0.05, 0.1) is 12.1 Å². The molecule has 0 amide bonds. The van der Waals surface area contributed by atoms with Crippen LogP contribution in [0.3, 0.4) is 0 Å². The van der Waals surface area contributed by atoms with E-state index in [1.165, 1.54) is 11.3 Å². The minimum absolute atomic E-state index is 0.233. The van der Waals surface area contributed by atoms with Gasteiger partial charge in [0, 0.05) is 0 Å². The molecule has 2 heterocycles. The Kier molecular flexibility index (Phi) is 2.81. The molecule has 0 radical (unpaired) electrons. The van der Waals surface area contributed by atoms with Crippen LogP contribution >= 0.6 is 11.3 Å². The molecule has 0 unspecified atom stereocenters. The molecule has 0 saturated carbocycles. The molecule has 4 nitrogen and oxygen atoms in total. The maximum absolute atomic E-state index is 12.4. The lowest BCUT2D eigenvalue weighted by Crippen LogP contribution is -2.36. The maximum Gasteiger partial charge on any atom is 0.199 e. The van der Waals surface area contributed by atoms with Crippen LogP contribution < -0.4 is 5.32 Å². The predicted molar refractivity (Wildman–Crippen MR) is 73.7 cm³/mol. The largest absolute Gasteiger partial charge is 0.367 e. The van der Waals surface area contributed by atoms with Gasteiger partial charge < -0.3 is 5.32 Å². The number of fused-ring (bicyclic) bond motifs is 1. The lowest BCUT2D eigenvalue weighted by atomic mass is 10.0. The summed E-state index contributed by atoms with van der Waals surface area (Å²) in [5, 5.41) is 13.7. The Hall–Kier alpha value is -1.84. The van der Waals surface area contributed by atoms with Gasteiger partial charge in [-0.2, -0.15) is 5.26 Å². The molecule has 96 valence electrons. The van der Waals surface area contributed by atoms with Crippen LogP contribution in [0.5, 0.6) is 0 Å². The first-order chi connectivity index (χ1) is 9.14. The van der Waals surface area contributed by atoms with Crippen LogP contribution in [0.2, 0.25) is 0 Å². The number of hydrogen-bond acceptors (Lipinski definition) is 5. The smallest absolute Gasteiger partial charge is 0.199 e. The Morgan fingerprint density at radius 3 is 2.63 bits per heavy atom. The molecule has 6 heteroatoms. The summed E-state index contributed by atoms with van der Waals surface area (Å²) in [5.74, 6) is 0. The zero-order valence-corrected chi connectivity index (χ0v) is 11.4. The van der Waals surface area contributed by atoms with E-state index in [2.05, 4.69) is 5.32 Å². The average molecular weight is 290 g/mol. The van der Waals surface area contributed by atoms with Crippen LogP contribution in [0.15, 0.2) is 46.7 Å². The van der Waals surface area contributed by atoms with Crippen molar-refractivity contribution in [2.24, 2.45) is 0 Å².